The van der Waals surface area contributed by atoms with Gasteiger partial charge in [-0.25, -0.2) is 8.42 Å². The first-order valence-electron chi connectivity index (χ1n) is 9.34. The van der Waals surface area contributed by atoms with Gasteiger partial charge in [-0.1, -0.05) is 46.3 Å². The number of amides is 1. The summed E-state index contributed by atoms with van der Waals surface area (Å²) in [4.78, 5) is 12.9. The molecule has 0 unspecified atom stereocenters. The lowest BCUT2D eigenvalue weighted by atomic mass is 10.1. The summed E-state index contributed by atoms with van der Waals surface area (Å²) in [7, 11) is -4.04. The number of halogens is 4. The van der Waals surface area contributed by atoms with E-state index in [1.54, 1.807) is 42.5 Å². The van der Waals surface area contributed by atoms with E-state index >= 15 is 0 Å². The molecule has 1 amide bonds. The second-order valence-corrected chi connectivity index (χ2v) is 9.51. The molecule has 3 rings (SSSR count). The van der Waals surface area contributed by atoms with Gasteiger partial charge < -0.3 is 5.32 Å². The standard InChI is InChI=1S/C22H18BrF3N2O3S/c23-17-8-12-19(13-9-17)32(30,31)28-20(14-15-4-2-1-3-5-15)21(29)27-18-10-6-16(7-11-18)22(24,25)26/h1-13,20,28H,14H2,(H,27,29)/t20-/m1/s1. The van der Waals surface area contributed by atoms with Gasteiger partial charge in [0.25, 0.3) is 0 Å². The van der Waals surface area contributed by atoms with Gasteiger partial charge in [0, 0.05) is 10.2 Å². The number of carbonyl (C=O) groups is 1. The van der Waals surface area contributed by atoms with Crippen LogP contribution >= 0.6 is 15.9 Å². The van der Waals surface area contributed by atoms with Gasteiger partial charge in [-0.2, -0.15) is 17.9 Å². The minimum absolute atomic E-state index is 0.0268. The third kappa shape index (κ3) is 6.41. The Balaban J connectivity index is 1.83. The maximum atomic E-state index is 12.9. The van der Waals surface area contributed by atoms with Gasteiger partial charge in [0.2, 0.25) is 15.9 Å². The molecule has 168 valence electrons. The second-order valence-electron chi connectivity index (χ2n) is 6.88. The van der Waals surface area contributed by atoms with Gasteiger partial charge >= 0.3 is 6.18 Å². The Morgan fingerprint density at radius 3 is 2.06 bits per heavy atom. The summed E-state index contributed by atoms with van der Waals surface area (Å²) < 4.78 is 67.0. The number of hydrogen-bond acceptors (Lipinski definition) is 3. The van der Waals surface area contributed by atoms with Crippen LogP contribution in [-0.2, 0) is 27.4 Å². The Morgan fingerprint density at radius 1 is 0.906 bits per heavy atom. The summed E-state index contributed by atoms with van der Waals surface area (Å²) in [6, 6.07) is 17.4. The van der Waals surface area contributed by atoms with Crippen LogP contribution in [0.15, 0.2) is 88.2 Å². The van der Waals surface area contributed by atoms with Crippen LogP contribution in [0, 0.1) is 0 Å². The largest absolute Gasteiger partial charge is 0.416 e. The highest BCUT2D eigenvalue weighted by Crippen LogP contribution is 2.29. The number of hydrogen-bond donors (Lipinski definition) is 2. The van der Waals surface area contributed by atoms with Crippen molar-refractivity contribution in [2.45, 2.75) is 23.5 Å². The lowest BCUT2D eigenvalue weighted by Crippen LogP contribution is -2.45. The SMILES string of the molecule is O=C(Nc1ccc(C(F)(F)F)cc1)[C@@H](Cc1ccccc1)NS(=O)(=O)c1ccc(Br)cc1. The molecule has 0 aromatic heterocycles. The molecule has 0 aliphatic carbocycles. The molecular formula is C22H18BrF3N2O3S. The molecule has 0 spiro atoms. The molecule has 0 heterocycles. The summed E-state index contributed by atoms with van der Waals surface area (Å²) in [5.41, 5.74) is -0.0326. The van der Waals surface area contributed by atoms with Crippen molar-refractivity contribution in [3.05, 3.63) is 94.5 Å². The minimum atomic E-state index is -4.50. The summed E-state index contributed by atoms with van der Waals surface area (Å²) >= 11 is 3.24. The predicted octanol–water partition coefficient (Wildman–Crippen LogP) is 5.00. The monoisotopic (exact) mass is 526 g/mol. The molecule has 32 heavy (non-hydrogen) atoms. The summed E-state index contributed by atoms with van der Waals surface area (Å²) in [6.45, 7) is 0. The highest BCUT2D eigenvalue weighted by atomic mass is 79.9. The smallest absolute Gasteiger partial charge is 0.325 e. The molecule has 0 fully saturated rings. The van der Waals surface area contributed by atoms with Crippen molar-refractivity contribution in [1.29, 1.82) is 0 Å². The molecule has 0 aliphatic rings. The fourth-order valence-electron chi connectivity index (χ4n) is 2.88. The lowest BCUT2D eigenvalue weighted by molar-refractivity contribution is -0.137. The van der Waals surface area contributed by atoms with Crippen LogP contribution in [0.4, 0.5) is 18.9 Å². The fourth-order valence-corrected chi connectivity index (χ4v) is 4.34. The normalized spacial score (nSPS) is 12.9. The van der Waals surface area contributed by atoms with Gasteiger partial charge in [0.1, 0.15) is 6.04 Å². The average molecular weight is 527 g/mol. The van der Waals surface area contributed by atoms with Crippen molar-refractivity contribution >= 4 is 37.5 Å². The zero-order valence-electron chi connectivity index (χ0n) is 16.4. The first kappa shape index (κ1) is 24.0. The van der Waals surface area contributed by atoms with E-state index in [-0.39, 0.29) is 17.0 Å². The van der Waals surface area contributed by atoms with Crippen LogP contribution in [-0.4, -0.2) is 20.4 Å². The molecule has 3 aromatic rings. The molecule has 2 N–H and O–H groups in total. The zero-order valence-corrected chi connectivity index (χ0v) is 18.8. The molecule has 0 radical (unpaired) electrons. The van der Waals surface area contributed by atoms with E-state index in [2.05, 4.69) is 26.0 Å². The molecule has 0 aliphatic heterocycles. The van der Waals surface area contributed by atoms with Gasteiger partial charge in [-0.05, 0) is 60.5 Å². The van der Waals surface area contributed by atoms with Crippen LogP contribution in [0.3, 0.4) is 0 Å². The second kappa shape index (κ2) is 9.85. The molecule has 0 saturated heterocycles. The van der Waals surface area contributed by atoms with Crippen molar-refractivity contribution in [2.24, 2.45) is 0 Å². The van der Waals surface area contributed by atoms with E-state index < -0.39 is 33.7 Å². The highest BCUT2D eigenvalue weighted by Gasteiger charge is 2.30. The van der Waals surface area contributed by atoms with E-state index in [1.807, 2.05) is 0 Å². The van der Waals surface area contributed by atoms with Crippen LogP contribution in [0.1, 0.15) is 11.1 Å². The van der Waals surface area contributed by atoms with Crippen LogP contribution in [0.2, 0.25) is 0 Å². The third-order valence-electron chi connectivity index (χ3n) is 4.50. The highest BCUT2D eigenvalue weighted by molar-refractivity contribution is 9.10. The van der Waals surface area contributed by atoms with Gasteiger partial charge in [0.15, 0.2) is 0 Å². The van der Waals surface area contributed by atoms with Crippen molar-refractivity contribution in [3.63, 3.8) is 0 Å². The van der Waals surface area contributed by atoms with Gasteiger partial charge in [-0.15, -0.1) is 0 Å². The summed E-state index contributed by atoms with van der Waals surface area (Å²) in [6.07, 6.45) is -4.46. The van der Waals surface area contributed by atoms with Crippen LogP contribution in [0.5, 0.6) is 0 Å². The Labute approximate surface area is 191 Å². The van der Waals surface area contributed by atoms with E-state index in [9.17, 15) is 26.4 Å². The average Bonchev–Trinajstić information content (AvgIpc) is 2.74. The molecule has 0 bridgehead atoms. The maximum absolute atomic E-state index is 12.9. The number of anilines is 1. The number of nitrogens with one attached hydrogen (secondary N) is 2. The molecule has 0 saturated carbocycles. The Bertz CT molecular complexity index is 1170. The minimum Gasteiger partial charge on any atom is -0.325 e. The Kier molecular flexibility index (Phi) is 7.37. The summed E-state index contributed by atoms with van der Waals surface area (Å²) in [5.74, 6) is -0.700. The molecule has 10 heteroatoms. The quantitative estimate of drug-likeness (QED) is 0.455. The topological polar surface area (TPSA) is 75.3 Å². The molecular weight excluding hydrogens is 509 g/mol. The number of rotatable bonds is 7. The number of carbonyl (C=O) groups excluding carboxylic acids is 1. The predicted molar refractivity (Wildman–Crippen MR) is 118 cm³/mol. The molecule has 1 atom stereocenters. The Hall–Kier alpha value is -2.69. The first-order valence-corrected chi connectivity index (χ1v) is 11.6. The van der Waals surface area contributed by atoms with E-state index in [1.165, 1.54) is 12.1 Å². The molecule has 5 nitrogen and oxygen atoms in total. The van der Waals surface area contributed by atoms with E-state index in [0.29, 0.717) is 10.0 Å². The Morgan fingerprint density at radius 2 is 1.50 bits per heavy atom. The van der Waals surface area contributed by atoms with E-state index in [4.69, 9.17) is 0 Å². The van der Waals surface area contributed by atoms with Gasteiger partial charge in [0.05, 0.1) is 10.5 Å². The van der Waals surface area contributed by atoms with Crippen molar-refractivity contribution in [2.75, 3.05) is 5.32 Å². The van der Waals surface area contributed by atoms with Gasteiger partial charge in [-0.3, -0.25) is 4.79 Å². The van der Waals surface area contributed by atoms with Crippen LogP contribution < -0.4 is 10.0 Å². The number of alkyl halides is 3. The zero-order chi connectivity index (χ0) is 23.4. The van der Waals surface area contributed by atoms with Crippen molar-refractivity contribution in [3.8, 4) is 0 Å². The third-order valence-corrected chi connectivity index (χ3v) is 6.52. The number of sulfonamides is 1. The first-order chi connectivity index (χ1) is 15.0. The maximum Gasteiger partial charge on any atom is 0.416 e. The number of benzene rings is 3. The van der Waals surface area contributed by atoms with E-state index in [0.717, 1.165) is 24.3 Å². The lowest BCUT2D eigenvalue weighted by Gasteiger charge is -2.19. The van der Waals surface area contributed by atoms with Crippen molar-refractivity contribution in [1.82, 2.24) is 4.72 Å². The fraction of sp³-hybridized carbons (Fsp3) is 0.136. The summed E-state index contributed by atoms with van der Waals surface area (Å²) in [5, 5.41) is 2.48. The van der Waals surface area contributed by atoms with Crippen molar-refractivity contribution < 1.29 is 26.4 Å². The van der Waals surface area contributed by atoms with Crippen LogP contribution in [0.25, 0.3) is 0 Å². The molecule has 3 aromatic carbocycles.